The summed E-state index contributed by atoms with van der Waals surface area (Å²) in [5, 5.41) is 9.69. The summed E-state index contributed by atoms with van der Waals surface area (Å²) < 4.78 is 4.35. The first-order valence-electron chi connectivity index (χ1n) is 1.92. The Morgan fingerprint density at radius 2 is 2.12 bits per heavy atom. The van der Waals surface area contributed by atoms with Gasteiger partial charge >= 0.3 is 29.6 Å². The molecule has 0 unspecified atom stereocenters. The van der Waals surface area contributed by atoms with Crippen molar-refractivity contribution in [3.8, 4) is 0 Å². The van der Waals surface area contributed by atoms with E-state index in [1.807, 2.05) is 0 Å². The molecule has 0 aliphatic carbocycles. The number of carbonyl (C=O) groups is 1. The molecule has 0 bridgehead atoms. The van der Waals surface area contributed by atoms with Gasteiger partial charge in [-0.2, -0.15) is 0 Å². The van der Waals surface area contributed by atoms with Crippen LogP contribution in [-0.4, -0.2) is 19.2 Å². The van der Waals surface area contributed by atoms with E-state index in [1.165, 1.54) is 14.0 Å². The quantitative estimate of drug-likeness (QED) is 0.352. The number of hydrogen-bond acceptors (Lipinski definition) is 3. The van der Waals surface area contributed by atoms with Crippen LogP contribution >= 0.6 is 0 Å². The number of carboxylic acid groups (broad SMARTS) is 1. The van der Waals surface area contributed by atoms with E-state index < -0.39 is 12.1 Å². The molecule has 0 aliphatic rings. The third kappa shape index (κ3) is 4.59. The summed E-state index contributed by atoms with van der Waals surface area (Å²) in [7, 11) is 1.32. The fourth-order valence-corrected chi connectivity index (χ4v) is 0.0962. The molecule has 0 N–H and O–H groups in total. The minimum Gasteiger partial charge on any atom is -0.547 e. The van der Waals surface area contributed by atoms with E-state index in [4.69, 9.17) is 0 Å². The van der Waals surface area contributed by atoms with Gasteiger partial charge in [0.25, 0.3) is 0 Å². The number of rotatable bonds is 2. The van der Waals surface area contributed by atoms with Gasteiger partial charge in [0.05, 0.1) is 12.1 Å². The van der Waals surface area contributed by atoms with Gasteiger partial charge in [-0.1, -0.05) is 0 Å². The van der Waals surface area contributed by atoms with E-state index >= 15 is 0 Å². The summed E-state index contributed by atoms with van der Waals surface area (Å²) in [6.45, 7) is 1.41. The molecule has 0 saturated carbocycles. The summed E-state index contributed by atoms with van der Waals surface area (Å²) in [6.07, 6.45) is -0.792. The van der Waals surface area contributed by atoms with E-state index in [-0.39, 0.29) is 29.6 Å². The fourth-order valence-electron chi connectivity index (χ4n) is 0.0962. The second kappa shape index (κ2) is 5.56. The molecule has 1 atom stereocenters. The largest absolute Gasteiger partial charge is 1.00 e. The maximum atomic E-state index is 9.69. The van der Waals surface area contributed by atoms with Gasteiger partial charge in [-0.05, 0) is 6.92 Å². The molecule has 8 heavy (non-hydrogen) atoms. The van der Waals surface area contributed by atoms with E-state index in [2.05, 4.69) is 4.74 Å². The van der Waals surface area contributed by atoms with Crippen LogP contribution in [0.2, 0.25) is 0 Å². The number of hydrogen-bond donors (Lipinski definition) is 0. The molecular weight excluding hydrogens is 119 g/mol. The first-order chi connectivity index (χ1) is 3.18. The zero-order valence-electron chi connectivity index (χ0n) is 5.30. The summed E-state index contributed by atoms with van der Waals surface area (Å²) in [6, 6.07) is 0. The smallest absolute Gasteiger partial charge is 0.547 e. The van der Waals surface area contributed by atoms with Crippen molar-refractivity contribution in [1.82, 2.24) is 0 Å². The molecule has 0 amide bonds. The first-order valence-corrected chi connectivity index (χ1v) is 1.92. The van der Waals surface area contributed by atoms with Gasteiger partial charge in [-0.3, -0.25) is 0 Å². The Bertz CT molecular complexity index is 73.7. The summed E-state index contributed by atoms with van der Waals surface area (Å²) >= 11 is 0. The Morgan fingerprint density at radius 3 is 2.12 bits per heavy atom. The average molecular weight is 126 g/mol. The Labute approximate surface area is 70.3 Å². The molecule has 0 fully saturated rings. The van der Waals surface area contributed by atoms with E-state index in [1.54, 1.807) is 0 Å². The maximum absolute atomic E-state index is 9.69. The molecule has 0 aliphatic heterocycles. The van der Waals surface area contributed by atoms with Crippen molar-refractivity contribution >= 4 is 5.97 Å². The van der Waals surface area contributed by atoms with Crippen molar-refractivity contribution in [2.24, 2.45) is 0 Å². The van der Waals surface area contributed by atoms with Crippen LogP contribution in [0.5, 0.6) is 0 Å². The monoisotopic (exact) mass is 126 g/mol. The van der Waals surface area contributed by atoms with Gasteiger partial charge < -0.3 is 14.6 Å². The van der Waals surface area contributed by atoms with Crippen LogP contribution in [-0.2, 0) is 9.53 Å². The van der Waals surface area contributed by atoms with Gasteiger partial charge in [0, 0.05) is 7.11 Å². The van der Waals surface area contributed by atoms with Crippen molar-refractivity contribution in [2.45, 2.75) is 13.0 Å². The Morgan fingerprint density at radius 1 is 1.75 bits per heavy atom. The standard InChI is InChI=1S/C4H8O3.Na/c1-3(7-2)4(5)6;/h3H,1-2H3,(H,5,6);/q;+1/p-1/t3-;/m1./s1. The van der Waals surface area contributed by atoms with Crippen LogP contribution in [0.15, 0.2) is 0 Å². The molecule has 0 aromatic carbocycles. The van der Waals surface area contributed by atoms with Crippen LogP contribution in [0.25, 0.3) is 0 Å². The number of ether oxygens (including phenoxy) is 1. The minimum atomic E-state index is -1.18. The molecule has 0 rings (SSSR count). The summed E-state index contributed by atoms with van der Waals surface area (Å²) in [5.74, 6) is -1.18. The molecule has 3 nitrogen and oxygen atoms in total. The van der Waals surface area contributed by atoms with Crippen LogP contribution in [0.4, 0.5) is 0 Å². The number of carbonyl (C=O) groups excluding carboxylic acids is 1. The third-order valence-corrected chi connectivity index (χ3v) is 0.685. The molecular formula is C4H7NaO3. The van der Waals surface area contributed by atoms with Crippen molar-refractivity contribution in [1.29, 1.82) is 0 Å². The number of methoxy groups -OCH3 is 1. The molecule has 0 radical (unpaired) electrons. The van der Waals surface area contributed by atoms with E-state index in [0.29, 0.717) is 0 Å². The zero-order valence-corrected chi connectivity index (χ0v) is 7.30. The maximum Gasteiger partial charge on any atom is 1.00 e. The Balaban J connectivity index is 0. The molecule has 0 aromatic heterocycles. The Hall–Kier alpha value is 0.430. The van der Waals surface area contributed by atoms with Crippen LogP contribution in [0, 0.1) is 0 Å². The fraction of sp³-hybridized carbons (Fsp3) is 0.750. The topological polar surface area (TPSA) is 49.4 Å². The molecule has 0 aromatic rings. The summed E-state index contributed by atoms with van der Waals surface area (Å²) in [4.78, 5) is 9.69. The van der Waals surface area contributed by atoms with Crippen molar-refractivity contribution in [2.75, 3.05) is 7.11 Å². The first kappa shape index (κ1) is 11.3. The van der Waals surface area contributed by atoms with Gasteiger partial charge in [0.15, 0.2) is 0 Å². The normalized spacial score (nSPS) is 11.8. The minimum absolute atomic E-state index is 0. The van der Waals surface area contributed by atoms with Crippen LogP contribution in [0.3, 0.4) is 0 Å². The Kier molecular flexibility index (Phi) is 7.83. The number of carboxylic acids is 1. The SMILES string of the molecule is CO[C@H](C)C(=O)[O-].[Na+]. The van der Waals surface area contributed by atoms with Crippen LogP contribution < -0.4 is 34.7 Å². The number of aliphatic carboxylic acids is 1. The van der Waals surface area contributed by atoms with E-state index in [0.717, 1.165) is 0 Å². The van der Waals surface area contributed by atoms with Crippen LogP contribution in [0.1, 0.15) is 6.92 Å². The molecule has 0 heterocycles. The molecule has 0 saturated heterocycles. The predicted octanol–water partition coefficient (Wildman–Crippen LogP) is -4.22. The zero-order chi connectivity index (χ0) is 5.86. The van der Waals surface area contributed by atoms with Gasteiger partial charge in [0.2, 0.25) is 0 Å². The summed E-state index contributed by atoms with van der Waals surface area (Å²) in [5.41, 5.74) is 0. The predicted molar refractivity (Wildman–Crippen MR) is 21.5 cm³/mol. The van der Waals surface area contributed by atoms with Crippen molar-refractivity contribution in [3.05, 3.63) is 0 Å². The van der Waals surface area contributed by atoms with Gasteiger partial charge in [-0.15, -0.1) is 0 Å². The second-order valence-corrected chi connectivity index (χ2v) is 1.20. The second-order valence-electron chi connectivity index (χ2n) is 1.20. The van der Waals surface area contributed by atoms with Crippen molar-refractivity contribution in [3.63, 3.8) is 0 Å². The molecule has 4 heteroatoms. The molecule has 0 spiro atoms. The average Bonchev–Trinajstić information content (AvgIpc) is 1.65. The van der Waals surface area contributed by atoms with Gasteiger partial charge in [-0.25, -0.2) is 0 Å². The third-order valence-electron chi connectivity index (χ3n) is 0.685. The van der Waals surface area contributed by atoms with Gasteiger partial charge in [0.1, 0.15) is 0 Å². The van der Waals surface area contributed by atoms with Crippen molar-refractivity contribution < 1.29 is 44.2 Å². The molecule has 42 valence electrons. The van der Waals surface area contributed by atoms with E-state index in [9.17, 15) is 9.90 Å².